The van der Waals surface area contributed by atoms with E-state index in [-0.39, 0.29) is 11.9 Å². The van der Waals surface area contributed by atoms with Crippen LogP contribution in [0.3, 0.4) is 0 Å². The van der Waals surface area contributed by atoms with Crippen molar-refractivity contribution in [3.05, 3.63) is 59.5 Å². The van der Waals surface area contributed by atoms with Crippen molar-refractivity contribution in [1.29, 1.82) is 0 Å². The van der Waals surface area contributed by atoms with Crippen LogP contribution < -0.4 is 5.32 Å². The number of nitrogens with one attached hydrogen (secondary N) is 1. The fraction of sp³-hybridized carbons (Fsp3) is 0.409. The van der Waals surface area contributed by atoms with Gasteiger partial charge >= 0.3 is 0 Å². The van der Waals surface area contributed by atoms with E-state index in [2.05, 4.69) is 22.2 Å². The molecule has 1 atom stereocenters. The number of rotatable bonds is 6. The highest BCUT2D eigenvalue weighted by Crippen LogP contribution is 2.19. The van der Waals surface area contributed by atoms with Crippen LogP contribution in [0.5, 0.6) is 0 Å². The molecule has 1 aliphatic heterocycles. The summed E-state index contributed by atoms with van der Waals surface area (Å²) < 4.78 is 1.90. The molecule has 1 aromatic carbocycles. The average Bonchev–Trinajstić information content (AvgIpc) is 3.33. The fourth-order valence-corrected chi connectivity index (χ4v) is 3.92. The first-order chi connectivity index (χ1) is 13.6. The molecule has 0 saturated carbocycles. The van der Waals surface area contributed by atoms with Gasteiger partial charge in [0.1, 0.15) is 0 Å². The van der Waals surface area contributed by atoms with Crippen LogP contribution in [0.1, 0.15) is 41.5 Å². The molecular formula is C22H27N5O. The van der Waals surface area contributed by atoms with Gasteiger partial charge in [-0.05, 0) is 58.0 Å². The van der Waals surface area contributed by atoms with Crippen LogP contribution in [0.15, 0.2) is 42.6 Å². The van der Waals surface area contributed by atoms with Crippen LogP contribution in [0.2, 0.25) is 0 Å². The smallest absolute Gasteiger partial charge is 0.252 e. The highest BCUT2D eigenvalue weighted by Gasteiger charge is 2.19. The molecule has 3 heterocycles. The molecule has 0 radical (unpaired) electrons. The predicted molar refractivity (Wildman–Crippen MR) is 110 cm³/mol. The number of aromatic nitrogens is 3. The minimum Gasteiger partial charge on any atom is -0.348 e. The Morgan fingerprint density at radius 1 is 1.21 bits per heavy atom. The second-order valence-corrected chi connectivity index (χ2v) is 7.69. The van der Waals surface area contributed by atoms with E-state index in [1.807, 2.05) is 48.0 Å². The summed E-state index contributed by atoms with van der Waals surface area (Å²) in [6.45, 7) is 7.80. The van der Waals surface area contributed by atoms with Gasteiger partial charge in [0.2, 0.25) is 0 Å². The molecule has 0 unspecified atom stereocenters. The van der Waals surface area contributed by atoms with Crippen LogP contribution >= 0.6 is 0 Å². The minimum atomic E-state index is -0.0382. The van der Waals surface area contributed by atoms with Crippen molar-refractivity contribution in [3.63, 3.8) is 0 Å². The number of fused-ring (bicyclic) bond motifs is 1. The second-order valence-electron chi connectivity index (χ2n) is 7.69. The first-order valence-electron chi connectivity index (χ1n) is 10.0. The quantitative estimate of drug-likeness (QED) is 0.717. The van der Waals surface area contributed by atoms with Crippen molar-refractivity contribution in [3.8, 4) is 0 Å². The molecule has 1 amide bonds. The Bertz CT molecular complexity index is 974. The molecule has 0 aliphatic carbocycles. The van der Waals surface area contributed by atoms with E-state index in [0.717, 1.165) is 41.9 Å². The van der Waals surface area contributed by atoms with E-state index in [9.17, 15) is 4.79 Å². The number of carbonyl (C=O) groups excluding carboxylic acids is 1. The number of benzene rings is 1. The Balaban J connectivity index is 1.59. The van der Waals surface area contributed by atoms with Crippen LogP contribution in [0, 0.1) is 6.92 Å². The number of likely N-dealkylation sites (tertiary alicyclic amines) is 1. The molecule has 2 aromatic heterocycles. The number of nitrogens with zero attached hydrogens (tertiary/aromatic N) is 4. The monoisotopic (exact) mass is 377 g/mol. The Hall–Kier alpha value is -2.73. The van der Waals surface area contributed by atoms with E-state index in [1.165, 1.54) is 12.8 Å². The van der Waals surface area contributed by atoms with Gasteiger partial charge in [0, 0.05) is 29.9 Å². The lowest BCUT2D eigenvalue weighted by molar-refractivity contribution is 0.0933. The molecule has 1 N–H and O–H groups in total. The molecule has 6 heteroatoms. The standard InChI is InChI=1S/C22H27N5O/c1-16(14-26-11-5-6-12-26)24-22(28)20-13-18(15-27-17(2)9-10-23-27)25-21-8-4-3-7-19(20)21/h3-4,7-10,13,16H,5-6,11-12,14-15H2,1-2H3,(H,24,28)/t16-/m1/s1. The van der Waals surface area contributed by atoms with Gasteiger partial charge in [0.25, 0.3) is 5.91 Å². The molecule has 1 aliphatic rings. The van der Waals surface area contributed by atoms with Crippen LogP contribution in [-0.2, 0) is 6.54 Å². The highest BCUT2D eigenvalue weighted by atomic mass is 16.1. The van der Waals surface area contributed by atoms with Crippen LogP contribution in [0.4, 0.5) is 0 Å². The Morgan fingerprint density at radius 3 is 2.75 bits per heavy atom. The Morgan fingerprint density at radius 2 is 2.00 bits per heavy atom. The number of hydrogen-bond acceptors (Lipinski definition) is 4. The third-order valence-electron chi connectivity index (χ3n) is 5.36. The molecule has 4 rings (SSSR count). The van der Waals surface area contributed by atoms with Crippen LogP contribution in [0.25, 0.3) is 10.9 Å². The summed E-state index contributed by atoms with van der Waals surface area (Å²) in [6, 6.07) is 11.8. The van der Waals surface area contributed by atoms with Crippen molar-refractivity contribution < 1.29 is 4.79 Å². The molecule has 3 aromatic rings. The van der Waals surface area contributed by atoms with Gasteiger partial charge in [-0.3, -0.25) is 14.5 Å². The lowest BCUT2D eigenvalue weighted by atomic mass is 10.1. The number of aryl methyl sites for hydroxylation is 1. The second kappa shape index (κ2) is 8.10. The minimum absolute atomic E-state index is 0.0382. The number of pyridine rings is 1. The number of amides is 1. The molecule has 6 nitrogen and oxygen atoms in total. The zero-order chi connectivity index (χ0) is 19.5. The molecule has 146 valence electrons. The average molecular weight is 377 g/mol. The van der Waals surface area contributed by atoms with E-state index in [1.54, 1.807) is 6.20 Å². The third-order valence-corrected chi connectivity index (χ3v) is 5.36. The SMILES string of the molecule is Cc1ccnn1Cc1cc(C(=O)N[C@H](C)CN2CCCC2)c2ccccc2n1. The predicted octanol–water partition coefficient (Wildman–Crippen LogP) is 3.00. The van der Waals surface area contributed by atoms with Crippen molar-refractivity contribution >= 4 is 16.8 Å². The van der Waals surface area contributed by atoms with Crippen LogP contribution in [-0.4, -0.2) is 51.2 Å². The molecular weight excluding hydrogens is 350 g/mol. The lowest BCUT2D eigenvalue weighted by Gasteiger charge is -2.21. The van der Waals surface area contributed by atoms with Crippen molar-refractivity contribution in [2.75, 3.05) is 19.6 Å². The summed E-state index contributed by atoms with van der Waals surface area (Å²) in [7, 11) is 0. The normalized spacial score (nSPS) is 15.8. The highest BCUT2D eigenvalue weighted by molar-refractivity contribution is 6.06. The first kappa shape index (κ1) is 18.6. The van der Waals surface area contributed by atoms with E-state index < -0.39 is 0 Å². The van der Waals surface area contributed by atoms with Gasteiger partial charge in [-0.25, -0.2) is 0 Å². The van der Waals surface area contributed by atoms with E-state index >= 15 is 0 Å². The summed E-state index contributed by atoms with van der Waals surface area (Å²) in [5, 5.41) is 8.41. The maximum Gasteiger partial charge on any atom is 0.252 e. The lowest BCUT2D eigenvalue weighted by Crippen LogP contribution is -2.41. The van der Waals surface area contributed by atoms with Gasteiger partial charge in [-0.1, -0.05) is 18.2 Å². The summed E-state index contributed by atoms with van der Waals surface area (Å²) in [4.78, 5) is 20.3. The zero-order valence-corrected chi connectivity index (χ0v) is 16.6. The summed E-state index contributed by atoms with van der Waals surface area (Å²) in [5.74, 6) is -0.0382. The molecule has 0 spiro atoms. The van der Waals surface area contributed by atoms with Gasteiger partial charge in [-0.15, -0.1) is 0 Å². The maximum atomic E-state index is 13.1. The summed E-state index contributed by atoms with van der Waals surface area (Å²) >= 11 is 0. The summed E-state index contributed by atoms with van der Waals surface area (Å²) in [6.07, 6.45) is 4.29. The maximum absolute atomic E-state index is 13.1. The molecule has 1 saturated heterocycles. The Kier molecular flexibility index (Phi) is 5.39. The van der Waals surface area contributed by atoms with Crippen molar-refractivity contribution in [2.45, 2.75) is 39.3 Å². The molecule has 1 fully saturated rings. The number of carbonyl (C=O) groups is 1. The first-order valence-corrected chi connectivity index (χ1v) is 10.0. The van der Waals surface area contributed by atoms with Gasteiger partial charge in [0.05, 0.1) is 23.3 Å². The largest absolute Gasteiger partial charge is 0.348 e. The molecule has 0 bridgehead atoms. The van der Waals surface area contributed by atoms with E-state index in [0.29, 0.717) is 12.1 Å². The fourth-order valence-electron chi connectivity index (χ4n) is 3.92. The molecule has 28 heavy (non-hydrogen) atoms. The van der Waals surface area contributed by atoms with Gasteiger partial charge in [-0.2, -0.15) is 5.10 Å². The van der Waals surface area contributed by atoms with Crippen molar-refractivity contribution in [1.82, 2.24) is 25.0 Å². The summed E-state index contributed by atoms with van der Waals surface area (Å²) in [5.41, 5.74) is 3.42. The topological polar surface area (TPSA) is 63.1 Å². The zero-order valence-electron chi connectivity index (χ0n) is 16.6. The van der Waals surface area contributed by atoms with Crippen molar-refractivity contribution in [2.24, 2.45) is 0 Å². The number of para-hydroxylation sites is 1. The van der Waals surface area contributed by atoms with Gasteiger partial charge < -0.3 is 10.2 Å². The van der Waals surface area contributed by atoms with E-state index in [4.69, 9.17) is 4.98 Å². The number of hydrogen-bond donors (Lipinski definition) is 1. The third kappa shape index (κ3) is 4.07. The Labute approximate surface area is 165 Å². The van der Waals surface area contributed by atoms with Gasteiger partial charge in [0.15, 0.2) is 0 Å².